The number of hydrogen-bond acceptors (Lipinski definition) is 8. The van der Waals surface area contributed by atoms with Crippen LogP contribution in [-0.2, 0) is 11.4 Å². The molecule has 2 aromatic carbocycles. The molecule has 0 bridgehead atoms. The Morgan fingerprint density at radius 2 is 2.10 bits per heavy atom. The van der Waals surface area contributed by atoms with Crippen molar-refractivity contribution in [1.82, 2.24) is 19.8 Å². The third-order valence-electron chi connectivity index (χ3n) is 5.07. The third-order valence-corrected chi connectivity index (χ3v) is 5.07. The molecule has 2 aromatic heterocycles. The number of nitrogens with zero attached hydrogens (tertiary/aromatic N) is 6. The summed E-state index contributed by atoms with van der Waals surface area (Å²) in [4.78, 5) is 16.3. The van der Waals surface area contributed by atoms with Crippen molar-refractivity contribution in [3.05, 3.63) is 65.0 Å². The van der Waals surface area contributed by atoms with E-state index in [0.717, 1.165) is 10.8 Å². The van der Waals surface area contributed by atoms with Gasteiger partial charge in [-0.05, 0) is 19.1 Å². The van der Waals surface area contributed by atoms with Gasteiger partial charge in [0.25, 0.3) is 0 Å². The Morgan fingerprint density at radius 1 is 1.26 bits per heavy atom. The van der Waals surface area contributed by atoms with Gasteiger partial charge in [-0.1, -0.05) is 35.5 Å². The Kier molecular flexibility index (Phi) is 4.52. The molecule has 1 unspecified atom stereocenters. The summed E-state index contributed by atoms with van der Waals surface area (Å²) in [5.74, 6) is 0.878. The zero-order valence-electron chi connectivity index (χ0n) is 16.5. The van der Waals surface area contributed by atoms with Gasteiger partial charge in [-0.3, -0.25) is 4.79 Å². The lowest BCUT2D eigenvalue weighted by Crippen LogP contribution is -2.10. The molecule has 9 nitrogen and oxygen atoms in total. The van der Waals surface area contributed by atoms with Crippen molar-refractivity contribution >= 4 is 28.4 Å². The minimum absolute atomic E-state index is 0.0303. The highest BCUT2D eigenvalue weighted by molar-refractivity contribution is 6.01. The van der Waals surface area contributed by atoms with Gasteiger partial charge in [0.2, 0.25) is 11.7 Å². The lowest BCUT2D eigenvalue weighted by atomic mass is 10.1. The monoisotopic (exact) mass is 412 g/mol. The molecule has 0 N–H and O–H groups in total. The van der Waals surface area contributed by atoms with Crippen LogP contribution in [0.25, 0.3) is 16.4 Å². The number of fused-ring (bicyclic) bond motifs is 3. The van der Waals surface area contributed by atoms with Gasteiger partial charge < -0.3 is 9.57 Å². The van der Waals surface area contributed by atoms with Crippen LogP contribution in [0.3, 0.4) is 0 Å². The molecule has 0 fully saturated rings. The van der Waals surface area contributed by atoms with Crippen LogP contribution in [0.5, 0.6) is 5.88 Å². The van der Waals surface area contributed by atoms with Gasteiger partial charge in [-0.25, -0.2) is 0 Å². The molecule has 1 aliphatic rings. The smallest absolute Gasteiger partial charge is 0.240 e. The van der Waals surface area contributed by atoms with Crippen molar-refractivity contribution in [1.29, 1.82) is 5.26 Å². The van der Waals surface area contributed by atoms with E-state index in [4.69, 9.17) is 9.57 Å². The largest absolute Gasteiger partial charge is 0.471 e. The summed E-state index contributed by atoms with van der Waals surface area (Å²) in [6.45, 7) is 2.04. The average Bonchev–Trinajstić information content (AvgIpc) is 3.43. The van der Waals surface area contributed by atoms with E-state index in [9.17, 15) is 10.1 Å². The molecule has 0 spiro atoms. The SMILES string of the molecule is CC1CC(c2nnc3c4ccccc4c(OCc4ccc(C=O)cc4C#N)nn23)=NO1. The van der Waals surface area contributed by atoms with Crippen LogP contribution in [-0.4, -0.2) is 37.9 Å². The Hall–Kier alpha value is -4.32. The van der Waals surface area contributed by atoms with Crippen molar-refractivity contribution in [3.8, 4) is 11.9 Å². The predicted molar refractivity (Wildman–Crippen MR) is 111 cm³/mol. The number of rotatable bonds is 5. The van der Waals surface area contributed by atoms with Gasteiger partial charge in [0.1, 0.15) is 24.7 Å². The van der Waals surface area contributed by atoms with E-state index in [1.807, 2.05) is 31.2 Å². The van der Waals surface area contributed by atoms with E-state index in [1.165, 1.54) is 6.07 Å². The minimum Gasteiger partial charge on any atom is -0.471 e. The summed E-state index contributed by atoms with van der Waals surface area (Å²) in [5, 5.41) is 28.3. The van der Waals surface area contributed by atoms with E-state index >= 15 is 0 Å². The molecule has 0 radical (unpaired) electrons. The molecular weight excluding hydrogens is 396 g/mol. The second-order valence-electron chi connectivity index (χ2n) is 7.20. The van der Waals surface area contributed by atoms with Gasteiger partial charge in [0.15, 0.2) is 5.65 Å². The van der Waals surface area contributed by atoms with Gasteiger partial charge in [-0.2, -0.15) is 9.78 Å². The maximum atomic E-state index is 11.0. The summed E-state index contributed by atoms with van der Waals surface area (Å²) >= 11 is 0. The van der Waals surface area contributed by atoms with Crippen molar-refractivity contribution < 1.29 is 14.4 Å². The third kappa shape index (κ3) is 3.24. The normalized spacial score (nSPS) is 15.5. The zero-order chi connectivity index (χ0) is 21.4. The van der Waals surface area contributed by atoms with Gasteiger partial charge in [0.05, 0.1) is 11.6 Å². The maximum Gasteiger partial charge on any atom is 0.240 e. The summed E-state index contributed by atoms with van der Waals surface area (Å²) in [6.07, 6.45) is 1.29. The van der Waals surface area contributed by atoms with E-state index in [2.05, 4.69) is 26.5 Å². The first-order valence-electron chi connectivity index (χ1n) is 9.66. The fourth-order valence-electron chi connectivity index (χ4n) is 3.51. The van der Waals surface area contributed by atoms with E-state index in [0.29, 0.717) is 52.5 Å². The fraction of sp³-hybridized carbons (Fsp3) is 0.182. The number of carbonyl (C=O) groups is 1. The zero-order valence-corrected chi connectivity index (χ0v) is 16.5. The number of oxime groups is 1. The highest BCUT2D eigenvalue weighted by Crippen LogP contribution is 2.28. The molecule has 0 saturated carbocycles. The quantitative estimate of drug-likeness (QED) is 0.463. The predicted octanol–water partition coefficient (Wildman–Crippen LogP) is 3.05. The second-order valence-corrected chi connectivity index (χ2v) is 7.20. The highest BCUT2D eigenvalue weighted by Gasteiger charge is 2.24. The van der Waals surface area contributed by atoms with Gasteiger partial charge >= 0.3 is 0 Å². The number of benzene rings is 2. The van der Waals surface area contributed by atoms with E-state index < -0.39 is 0 Å². The van der Waals surface area contributed by atoms with Crippen molar-refractivity contribution in [3.63, 3.8) is 0 Å². The molecule has 0 saturated heterocycles. The summed E-state index contributed by atoms with van der Waals surface area (Å²) in [7, 11) is 0. The molecule has 1 atom stereocenters. The number of ether oxygens (including phenoxy) is 1. The molecule has 0 amide bonds. The van der Waals surface area contributed by atoms with Crippen LogP contribution >= 0.6 is 0 Å². The molecule has 3 heterocycles. The Bertz CT molecular complexity index is 1400. The Morgan fingerprint density at radius 3 is 2.84 bits per heavy atom. The topological polar surface area (TPSA) is 115 Å². The molecule has 31 heavy (non-hydrogen) atoms. The first-order chi connectivity index (χ1) is 15.2. The molecule has 1 aliphatic heterocycles. The average molecular weight is 412 g/mol. The number of aromatic nitrogens is 4. The number of aldehydes is 1. The van der Waals surface area contributed by atoms with Gasteiger partial charge in [0, 0.05) is 28.3 Å². The van der Waals surface area contributed by atoms with Gasteiger partial charge in [-0.15, -0.1) is 15.3 Å². The number of hydrogen-bond donors (Lipinski definition) is 0. The standard InChI is InChI=1S/C22H16N6O3/c1-13-8-19(27-31-13)21-25-24-20-17-4-2-3-5-18(17)22(26-28(20)21)30-12-15-7-6-14(11-29)9-16(15)10-23/h2-7,9,11,13H,8,12H2,1H3. The van der Waals surface area contributed by atoms with Crippen molar-refractivity contribution in [2.24, 2.45) is 5.16 Å². The lowest BCUT2D eigenvalue weighted by Gasteiger charge is -2.11. The van der Waals surface area contributed by atoms with Crippen LogP contribution in [0, 0.1) is 11.3 Å². The van der Waals surface area contributed by atoms with Crippen LogP contribution < -0.4 is 4.74 Å². The Labute approximate surface area is 176 Å². The number of nitriles is 1. The molecule has 9 heteroatoms. The van der Waals surface area contributed by atoms with Crippen LogP contribution in [0.15, 0.2) is 47.6 Å². The molecule has 152 valence electrons. The van der Waals surface area contributed by atoms with E-state index in [1.54, 1.807) is 16.6 Å². The second kappa shape index (κ2) is 7.50. The lowest BCUT2D eigenvalue weighted by molar-refractivity contribution is 0.0995. The summed E-state index contributed by atoms with van der Waals surface area (Å²) < 4.78 is 7.65. The first kappa shape index (κ1) is 18.7. The molecular formula is C22H16N6O3. The Balaban J connectivity index is 1.58. The van der Waals surface area contributed by atoms with Crippen molar-refractivity contribution in [2.75, 3.05) is 0 Å². The summed E-state index contributed by atoms with van der Waals surface area (Å²) in [6, 6.07) is 14.6. The van der Waals surface area contributed by atoms with Crippen LogP contribution in [0.2, 0.25) is 0 Å². The maximum absolute atomic E-state index is 11.0. The van der Waals surface area contributed by atoms with Crippen LogP contribution in [0.4, 0.5) is 0 Å². The van der Waals surface area contributed by atoms with Crippen LogP contribution in [0.1, 0.15) is 40.7 Å². The number of carbonyl (C=O) groups excluding carboxylic acids is 1. The fourth-order valence-corrected chi connectivity index (χ4v) is 3.51. The highest BCUT2D eigenvalue weighted by atomic mass is 16.6. The molecule has 5 rings (SSSR count). The minimum atomic E-state index is -0.0303. The summed E-state index contributed by atoms with van der Waals surface area (Å²) in [5.41, 5.74) is 2.74. The molecule has 0 aliphatic carbocycles. The van der Waals surface area contributed by atoms with E-state index in [-0.39, 0.29) is 12.7 Å². The molecule has 4 aromatic rings. The van der Waals surface area contributed by atoms with Crippen molar-refractivity contribution in [2.45, 2.75) is 26.1 Å². The first-order valence-corrected chi connectivity index (χ1v) is 9.66.